The molecule has 0 aliphatic carbocycles. The van der Waals surface area contributed by atoms with Gasteiger partial charge < -0.3 is 24.0 Å². The monoisotopic (exact) mass is 726 g/mol. The predicted molar refractivity (Wildman–Crippen MR) is 202 cm³/mol. The van der Waals surface area contributed by atoms with Gasteiger partial charge in [-0.25, -0.2) is 4.57 Å². The summed E-state index contributed by atoms with van der Waals surface area (Å²) in [7, 11) is -4.76. The SMILES string of the molecule is CCCCC/C=C\C/C=C\CCCCCCCCC(=O)OC[C@H](COP(=O)(O)O)OC(=O)CCCCCCC/C=C\CC1OC1CCCCC. The van der Waals surface area contributed by atoms with Crippen molar-refractivity contribution in [3.05, 3.63) is 36.5 Å². The van der Waals surface area contributed by atoms with E-state index in [1.165, 1.54) is 64.2 Å². The Morgan fingerprint density at radius 1 is 0.640 bits per heavy atom. The lowest BCUT2D eigenvalue weighted by Gasteiger charge is -2.18. The van der Waals surface area contributed by atoms with E-state index < -0.39 is 32.5 Å². The molecule has 0 aromatic heterocycles. The maximum atomic E-state index is 12.4. The van der Waals surface area contributed by atoms with Gasteiger partial charge >= 0.3 is 19.8 Å². The summed E-state index contributed by atoms with van der Waals surface area (Å²) in [5, 5.41) is 0. The molecule has 10 heteroatoms. The van der Waals surface area contributed by atoms with Crippen molar-refractivity contribution >= 4 is 19.8 Å². The number of ether oxygens (including phenoxy) is 3. The molecule has 1 heterocycles. The van der Waals surface area contributed by atoms with E-state index in [4.69, 9.17) is 24.0 Å². The lowest BCUT2D eigenvalue weighted by atomic mass is 10.1. The molecule has 2 N–H and O–H groups in total. The van der Waals surface area contributed by atoms with Crippen LogP contribution in [0.3, 0.4) is 0 Å². The normalized spacial score (nSPS) is 16.9. The minimum absolute atomic E-state index is 0.188. The first-order chi connectivity index (χ1) is 24.2. The van der Waals surface area contributed by atoms with Crippen LogP contribution in [-0.4, -0.2) is 53.3 Å². The molecule has 3 atom stereocenters. The van der Waals surface area contributed by atoms with E-state index in [9.17, 15) is 14.2 Å². The molecular formula is C40H71O9P. The number of phosphoric ester groups is 1. The first-order valence-corrected chi connectivity index (χ1v) is 21.4. The topological polar surface area (TPSA) is 132 Å². The van der Waals surface area contributed by atoms with Gasteiger partial charge in [0.25, 0.3) is 0 Å². The van der Waals surface area contributed by atoms with Crippen LogP contribution in [0, 0.1) is 0 Å². The zero-order valence-corrected chi connectivity index (χ0v) is 32.4. The Morgan fingerprint density at radius 3 is 1.76 bits per heavy atom. The molecule has 0 spiro atoms. The Kier molecular flexibility index (Phi) is 29.5. The van der Waals surface area contributed by atoms with E-state index in [-0.39, 0.29) is 19.4 Å². The van der Waals surface area contributed by atoms with Crippen LogP contribution in [0.5, 0.6) is 0 Å². The number of allylic oxidation sites excluding steroid dienone is 5. The smallest absolute Gasteiger partial charge is 0.462 e. The molecule has 1 saturated heterocycles. The first kappa shape index (κ1) is 46.3. The van der Waals surface area contributed by atoms with Gasteiger partial charge in [-0.15, -0.1) is 0 Å². The zero-order chi connectivity index (χ0) is 36.5. The van der Waals surface area contributed by atoms with Crippen molar-refractivity contribution in [2.75, 3.05) is 13.2 Å². The number of rotatable bonds is 35. The van der Waals surface area contributed by atoms with Crippen molar-refractivity contribution in [2.24, 2.45) is 0 Å². The van der Waals surface area contributed by atoms with Gasteiger partial charge in [-0.05, 0) is 70.6 Å². The van der Waals surface area contributed by atoms with Gasteiger partial charge in [0.1, 0.15) is 6.61 Å². The van der Waals surface area contributed by atoms with E-state index in [2.05, 4.69) is 54.8 Å². The predicted octanol–water partition coefficient (Wildman–Crippen LogP) is 10.8. The molecule has 0 radical (unpaired) electrons. The zero-order valence-electron chi connectivity index (χ0n) is 31.5. The van der Waals surface area contributed by atoms with Crippen LogP contribution in [0.15, 0.2) is 36.5 Å². The van der Waals surface area contributed by atoms with E-state index in [0.29, 0.717) is 25.0 Å². The summed E-state index contributed by atoms with van der Waals surface area (Å²) >= 11 is 0. The Hall–Kier alpha value is -1.77. The van der Waals surface area contributed by atoms with E-state index in [1.807, 2.05) is 0 Å². The average molecular weight is 727 g/mol. The number of hydrogen-bond donors (Lipinski definition) is 2. The summed E-state index contributed by atoms with van der Waals surface area (Å²) in [6, 6.07) is 0. The van der Waals surface area contributed by atoms with Crippen LogP contribution in [-0.2, 0) is 32.9 Å². The van der Waals surface area contributed by atoms with E-state index >= 15 is 0 Å². The summed E-state index contributed by atoms with van der Waals surface area (Å²) in [5.41, 5.74) is 0. The van der Waals surface area contributed by atoms with Crippen molar-refractivity contribution in [3.8, 4) is 0 Å². The van der Waals surface area contributed by atoms with Gasteiger partial charge in [0.2, 0.25) is 0 Å². The quantitative estimate of drug-likeness (QED) is 0.0215. The summed E-state index contributed by atoms with van der Waals surface area (Å²) < 4.78 is 32.1. The molecule has 1 aliphatic heterocycles. The van der Waals surface area contributed by atoms with Gasteiger partial charge in [0.15, 0.2) is 6.10 Å². The number of carbonyl (C=O) groups is 2. The van der Waals surface area contributed by atoms with Crippen molar-refractivity contribution in [3.63, 3.8) is 0 Å². The molecule has 9 nitrogen and oxygen atoms in total. The molecule has 1 aliphatic rings. The molecule has 50 heavy (non-hydrogen) atoms. The van der Waals surface area contributed by atoms with Gasteiger partial charge in [-0.1, -0.05) is 127 Å². The van der Waals surface area contributed by atoms with Crippen LogP contribution in [0.1, 0.15) is 174 Å². The highest BCUT2D eigenvalue weighted by Crippen LogP contribution is 2.36. The summed E-state index contributed by atoms with van der Waals surface area (Å²) in [6.45, 7) is 3.60. The van der Waals surface area contributed by atoms with Crippen molar-refractivity contribution in [1.29, 1.82) is 0 Å². The van der Waals surface area contributed by atoms with Crippen molar-refractivity contribution < 1.29 is 42.7 Å². The molecule has 0 aromatic rings. The van der Waals surface area contributed by atoms with Gasteiger partial charge in [-0.2, -0.15) is 0 Å². The number of carbonyl (C=O) groups excluding carboxylic acids is 2. The molecule has 0 amide bonds. The maximum absolute atomic E-state index is 12.4. The van der Waals surface area contributed by atoms with E-state index in [0.717, 1.165) is 70.6 Å². The first-order valence-electron chi connectivity index (χ1n) is 19.9. The fraction of sp³-hybridized carbons (Fsp3) is 0.800. The Balaban J connectivity index is 2.08. The third-order valence-corrected chi connectivity index (χ3v) is 9.29. The molecule has 0 bridgehead atoms. The number of unbranched alkanes of at least 4 members (excludes halogenated alkanes) is 16. The number of phosphoric acid groups is 1. The summed E-state index contributed by atoms with van der Waals surface area (Å²) in [4.78, 5) is 42.8. The maximum Gasteiger partial charge on any atom is 0.469 e. The Morgan fingerprint density at radius 2 is 1.16 bits per heavy atom. The van der Waals surface area contributed by atoms with E-state index in [1.54, 1.807) is 0 Å². The summed E-state index contributed by atoms with van der Waals surface area (Å²) in [6.07, 6.45) is 38.9. The summed E-state index contributed by atoms with van der Waals surface area (Å²) in [5.74, 6) is -0.919. The largest absolute Gasteiger partial charge is 0.469 e. The number of esters is 2. The number of hydrogen-bond acceptors (Lipinski definition) is 7. The van der Waals surface area contributed by atoms with Crippen LogP contribution < -0.4 is 0 Å². The number of epoxide rings is 1. The Labute approximate surface area is 304 Å². The van der Waals surface area contributed by atoms with Crippen molar-refractivity contribution in [1.82, 2.24) is 0 Å². The highest BCUT2D eigenvalue weighted by Gasteiger charge is 2.36. The molecule has 1 rings (SSSR count). The third kappa shape index (κ3) is 31.0. The third-order valence-electron chi connectivity index (χ3n) is 8.81. The fourth-order valence-electron chi connectivity index (χ4n) is 5.70. The second-order valence-corrected chi connectivity index (χ2v) is 14.9. The second-order valence-electron chi connectivity index (χ2n) is 13.6. The molecule has 2 unspecified atom stereocenters. The van der Waals surface area contributed by atoms with Crippen LogP contribution in [0.2, 0.25) is 0 Å². The van der Waals surface area contributed by atoms with Crippen LogP contribution in [0.25, 0.3) is 0 Å². The van der Waals surface area contributed by atoms with Gasteiger partial charge in [-0.3, -0.25) is 14.1 Å². The lowest BCUT2D eigenvalue weighted by Crippen LogP contribution is -2.29. The van der Waals surface area contributed by atoms with Gasteiger partial charge in [0, 0.05) is 12.8 Å². The second kappa shape index (κ2) is 31.9. The fourth-order valence-corrected chi connectivity index (χ4v) is 6.06. The molecule has 0 aromatic carbocycles. The highest BCUT2D eigenvalue weighted by atomic mass is 31.2. The van der Waals surface area contributed by atoms with Crippen LogP contribution >= 0.6 is 7.82 Å². The molecule has 1 fully saturated rings. The standard InChI is InChI=1S/C40H71O9P/c1-3-5-7-8-9-10-11-12-13-14-15-16-17-21-24-28-32-39(41)46-34-36(35-47-50(43,44)45)48-40(42)33-29-25-22-19-18-20-23-27-31-38-37(49-38)30-26-6-4-2/h9-10,12-13,23,27,36-38H,3-8,11,14-22,24-26,28-35H2,1-2H3,(H2,43,44,45)/b10-9-,13-12-,27-23-/t36-,37?,38?/m1/s1. The Bertz CT molecular complexity index is 974. The molecular weight excluding hydrogens is 655 g/mol. The lowest BCUT2D eigenvalue weighted by molar-refractivity contribution is -0.161. The van der Waals surface area contributed by atoms with Crippen molar-refractivity contribution in [2.45, 2.75) is 193 Å². The average Bonchev–Trinajstić information content (AvgIpc) is 3.84. The molecule has 290 valence electrons. The highest BCUT2D eigenvalue weighted by molar-refractivity contribution is 7.46. The minimum atomic E-state index is -4.76. The molecule has 0 saturated carbocycles. The van der Waals surface area contributed by atoms with Crippen LogP contribution in [0.4, 0.5) is 0 Å². The minimum Gasteiger partial charge on any atom is -0.462 e. The van der Waals surface area contributed by atoms with Gasteiger partial charge in [0.05, 0.1) is 18.8 Å².